The van der Waals surface area contributed by atoms with Crippen LogP contribution in [0.5, 0.6) is 0 Å². The van der Waals surface area contributed by atoms with Gasteiger partial charge in [-0.15, -0.1) is 0 Å². The van der Waals surface area contributed by atoms with Crippen LogP contribution in [0.15, 0.2) is 0 Å². The van der Waals surface area contributed by atoms with Crippen LogP contribution in [0.4, 0.5) is 0 Å². The molecule has 188 valence electrons. The van der Waals surface area contributed by atoms with Crippen molar-refractivity contribution in [3.63, 3.8) is 0 Å². The third kappa shape index (κ3) is 20.2. The summed E-state index contributed by atoms with van der Waals surface area (Å²) in [6, 6.07) is 0. The molecule has 0 aromatic rings. The van der Waals surface area contributed by atoms with Crippen LogP contribution < -0.4 is 5.32 Å². The SMILES string of the molecule is CCCCCCCCCCOC(C)C(NC(O)C(C)C)OCCCCCCCCCC. The van der Waals surface area contributed by atoms with Crippen molar-refractivity contribution in [3.05, 3.63) is 0 Å². The maximum atomic E-state index is 10.3. The van der Waals surface area contributed by atoms with Gasteiger partial charge in [-0.25, -0.2) is 0 Å². The quantitative estimate of drug-likeness (QED) is 0.119. The summed E-state index contributed by atoms with van der Waals surface area (Å²) in [5, 5.41) is 13.5. The van der Waals surface area contributed by atoms with Gasteiger partial charge in [-0.3, -0.25) is 5.32 Å². The van der Waals surface area contributed by atoms with E-state index in [0.717, 1.165) is 26.1 Å². The van der Waals surface area contributed by atoms with E-state index in [2.05, 4.69) is 26.1 Å². The van der Waals surface area contributed by atoms with Crippen LogP contribution in [0, 0.1) is 5.92 Å². The normalized spacial score (nSPS) is 14.8. The number of hydrogen-bond acceptors (Lipinski definition) is 4. The molecule has 0 aromatic heterocycles. The average Bonchev–Trinajstić information content (AvgIpc) is 2.75. The Bertz CT molecular complexity index is 351. The summed E-state index contributed by atoms with van der Waals surface area (Å²) in [6.45, 7) is 12.1. The van der Waals surface area contributed by atoms with Crippen molar-refractivity contribution < 1.29 is 14.6 Å². The van der Waals surface area contributed by atoms with E-state index >= 15 is 0 Å². The molecule has 0 bridgehead atoms. The molecule has 0 spiro atoms. The van der Waals surface area contributed by atoms with Gasteiger partial charge < -0.3 is 14.6 Å². The van der Waals surface area contributed by atoms with Crippen LogP contribution in [0.2, 0.25) is 0 Å². The van der Waals surface area contributed by atoms with Gasteiger partial charge in [0.15, 0.2) is 0 Å². The molecule has 0 aliphatic heterocycles. The maximum absolute atomic E-state index is 10.3. The lowest BCUT2D eigenvalue weighted by Crippen LogP contribution is -2.49. The largest absolute Gasteiger partial charge is 0.378 e. The summed E-state index contributed by atoms with van der Waals surface area (Å²) < 4.78 is 12.2. The second-order valence-electron chi connectivity index (χ2n) is 9.67. The summed E-state index contributed by atoms with van der Waals surface area (Å²) in [7, 11) is 0. The molecule has 0 fully saturated rings. The third-order valence-corrected chi connectivity index (χ3v) is 6.07. The summed E-state index contributed by atoms with van der Waals surface area (Å²) >= 11 is 0. The first-order valence-corrected chi connectivity index (χ1v) is 13.7. The van der Waals surface area contributed by atoms with Crippen molar-refractivity contribution >= 4 is 0 Å². The number of rotatable bonds is 24. The highest BCUT2D eigenvalue weighted by atomic mass is 16.5. The van der Waals surface area contributed by atoms with Gasteiger partial charge in [0.25, 0.3) is 0 Å². The molecule has 0 heterocycles. The Morgan fingerprint density at radius 1 is 0.581 bits per heavy atom. The van der Waals surface area contributed by atoms with Gasteiger partial charge in [0, 0.05) is 13.2 Å². The van der Waals surface area contributed by atoms with E-state index in [1.807, 2.05) is 13.8 Å². The monoisotopic (exact) mass is 443 g/mol. The van der Waals surface area contributed by atoms with Crippen molar-refractivity contribution in [2.45, 2.75) is 156 Å². The fourth-order valence-electron chi connectivity index (χ4n) is 3.72. The number of hydrogen-bond donors (Lipinski definition) is 2. The van der Waals surface area contributed by atoms with Crippen molar-refractivity contribution in [2.24, 2.45) is 5.92 Å². The molecule has 4 heteroatoms. The standard InChI is InChI=1S/C27H57NO3/c1-6-8-10-12-14-16-18-20-22-30-25(5)27(28-26(29)24(3)4)31-23-21-19-17-15-13-11-9-7-2/h24-29H,6-23H2,1-5H3. The van der Waals surface area contributed by atoms with Crippen LogP contribution >= 0.6 is 0 Å². The Kier molecular flexibility index (Phi) is 22.9. The fourth-order valence-corrected chi connectivity index (χ4v) is 3.72. The molecule has 0 saturated carbocycles. The van der Waals surface area contributed by atoms with E-state index in [1.54, 1.807) is 0 Å². The highest BCUT2D eigenvalue weighted by molar-refractivity contribution is 4.69. The first kappa shape index (κ1) is 30.8. The Morgan fingerprint density at radius 3 is 1.39 bits per heavy atom. The minimum absolute atomic E-state index is 0.0630. The highest BCUT2D eigenvalue weighted by Crippen LogP contribution is 2.12. The first-order chi connectivity index (χ1) is 15.0. The van der Waals surface area contributed by atoms with Gasteiger partial charge in [-0.1, -0.05) is 118 Å². The van der Waals surface area contributed by atoms with Crippen LogP contribution in [-0.2, 0) is 9.47 Å². The smallest absolute Gasteiger partial charge is 0.136 e. The molecule has 3 atom stereocenters. The maximum Gasteiger partial charge on any atom is 0.136 e. The van der Waals surface area contributed by atoms with Gasteiger partial charge in [-0.05, 0) is 25.7 Å². The second kappa shape index (κ2) is 23.0. The zero-order valence-corrected chi connectivity index (χ0v) is 21.8. The number of nitrogens with one attached hydrogen (secondary N) is 1. The molecule has 4 nitrogen and oxygen atoms in total. The molecule has 0 amide bonds. The molecule has 0 aliphatic carbocycles. The van der Waals surface area contributed by atoms with Crippen molar-refractivity contribution in [2.75, 3.05) is 13.2 Å². The molecule has 0 radical (unpaired) electrons. The minimum Gasteiger partial charge on any atom is -0.378 e. The van der Waals surface area contributed by atoms with Gasteiger partial charge in [-0.2, -0.15) is 0 Å². The molecule has 3 unspecified atom stereocenters. The van der Waals surface area contributed by atoms with E-state index in [-0.39, 0.29) is 18.2 Å². The van der Waals surface area contributed by atoms with Crippen molar-refractivity contribution in [1.29, 1.82) is 0 Å². The summed E-state index contributed by atoms with van der Waals surface area (Å²) in [6.07, 6.45) is 19.9. The lowest BCUT2D eigenvalue weighted by atomic mass is 10.1. The number of ether oxygens (including phenoxy) is 2. The van der Waals surface area contributed by atoms with E-state index in [9.17, 15) is 5.11 Å². The van der Waals surface area contributed by atoms with Gasteiger partial charge in [0.05, 0.1) is 6.10 Å². The van der Waals surface area contributed by atoms with E-state index in [0.29, 0.717) is 0 Å². The van der Waals surface area contributed by atoms with Gasteiger partial charge in [0.2, 0.25) is 0 Å². The average molecular weight is 444 g/mol. The molecular formula is C27H57NO3. The first-order valence-electron chi connectivity index (χ1n) is 13.7. The highest BCUT2D eigenvalue weighted by Gasteiger charge is 2.22. The lowest BCUT2D eigenvalue weighted by Gasteiger charge is -2.29. The summed E-state index contributed by atoms with van der Waals surface area (Å²) in [5.74, 6) is 0.147. The van der Waals surface area contributed by atoms with Crippen molar-refractivity contribution in [3.8, 4) is 0 Å². The predicted octanol–water partition coefficient (Wildman–Crippen LogP) is 7.58. The summed E-state index contributed by atoms with van der Waals surface area (Å²) in [5.41, 5.74) is 0. The van der Waals surface area contributed by atoms with Gasteiger partial charge in [0.1, 0.15) is 12.5 Å². The molecule has 31 heavy (non-hydrogen) atoms. The lowest BCUT2D eigenvalue weighted by molar-refractivity contribution is -0.107. The Labute approximate surface area is 195 Å². The van der Waals surface area contributed by atoms with E-state index < -0.39 is 6.23 Å². The van der Waals surface area contributed by atoms with E-state index in [4.69, 9.17) is 9.47 Å². The molecule has 0 rings (SSSR count). The Morgan fingerprint density at radius 2 is 0.968 bits per heavy atom. The number of unbranched alkanes of at least 4 members (excludes halogenated alkanes) is 14. The molecule has 0 saturated heterocycles. The minimum atomic E-state index is -0.572. The number of aliphatic hydroxyl groups excluding tert-OH is 1. The summed E-state index contributed by atoms with van der Waals surface area (Å²) in [4.78, 5) is 0. The van der Waals surface area contributed by atoms with E-state index in [1.165, 1.54) is 89.9 Å². The Hall–Kier alpha value is -0.160. The Balaban J connectivity index is 4.00. The molecule has 0 aromatic carbocycles. The number of aliphatic hydroxyl groups is 1. The van der Waals surface area contributed by atoms with Crippen LogP contribution in [0.25, 0.3) is 0 Å². The molecule has 2 N–H and O–H groups in total. The fraction of sp³-hybridized carbons (Fsp3) is 1.00. The van der Waals surface area contributed by atoms with Crippen LogP contribution in [0.1, 0.15) is 137 Å². The van der Waals surface area contributed by atoms with Crippen molar-refractivity contribution in [1.82, 2.24) is 5.32 Å². The predicted molar refractivity (Wildman–Crippen MR) is 134 cm³/mol. The third-order valence-electron chi connectivity index (χ3n) is 6.07. The van der Waals surface area contributed by atoms with Crippen LogP contribution in [0.3, 0.4) is 0 Å². The molecular weight excluding hydrogens is 386 g/mol. The van der Waals surface area contributed by atoms with Crippen LogP contribution in [-0.4, -0.2) is 36.9 Å². The zero-order chi connectivity index (χ0) is 23.2. The second-order valence-corrected chi connectivity index (χ2v) is 9.67. The topological polar surface area (TPSA) is 50.7 Å². The zero-order valence-electron chi connectivity index (χ0n) is 21.8. The van der Waals surface area contributed by atoms with Gasteiger partial charge >= 0.3 is 0 Å². The molecule has 0 aliphatic rings.